The Balaban J connectivity index is 2.21. The van der Waals surface area contributed by atoms with E-state index in [0.29, 0.717) is 34.6 Å². The molecule has 0 unspecified atom stereocenters. The van der Waals surface area contributed by atoms with Crippen molar-refractivity contribution in [1.29, 1.82) is 5.41 Å². The van der Waals surface area contributed by atoms with E-state index in [1.807, 2.05) is 50.2 Å². The summed E-state index contributed by atoms with van der Waals surface area (Å²) < 4.78 is 1.44. The minimum Gasteiger partial charge on any atom is -0.507 e. The molecule has 1 heterocycles. The third kappa shape index (κ3) is 3.29. The molecule has 0 atom stereocenters. The van der Waals surface area contributed by atoms with Crippen LogP contribution in [0, 0.1) is 5.41 Å². The third-order valence-corrected chi connectivity index (χ3v) is 4.34. The Kier molecular flexibility index (Phi) is 4.72. The normalized spacial score (nSPS) is 10.8. The number of aromatic nitrogens is 3. The first-order valence-electron chi connectivity index (χ1n) is 8.46. The molecule has 0 aliphatic carbocycles. The minimum absolute atomic E-state index is 0.0995. The first-order valence-corrected chi connectivity index (χ1v) is 8.46. The lowest BCUT2D eigenvalue weighted by atomic mass is 10.0. The molecule has 0 saturated heterocycles. The molecule has 8 nitrogen and oxygen atoms in total. The van der Waals surface area contributed by atoms with Crippen LogP contribution in [0.1, 0.15) is 18.9 Å². The number of aromatic hydroxyl groups is 2. The van der Waals surface area contributed by atoms with Crippen molar-refractivity contribution in [3.8, 4) is 28.8 Å². The second kappa shape index (κ2) is 6.99. The van der Waals surface area contributed by atoms with Gasteiger partial charge in [-0.3, -0.25) is 0 Å². The molecular formula is C19H22N6O2. The molecule has 1 aromatic heterocycles. The topological polar surface area (TPSA) is 124 Å². The van der Waals surface area contributed by atoms with E-state index in [4.69, 9.17) is 11.1 Å². The van der Waals surface area contributed by atoms with Crippen molar-refractivity contribution in [3.63, 3.8) is 0 Å². The maximum absolute atomic E-state index is 10.4. The number of nitrogen functional groups attached to an aromatic ring is 1. The van der Waals surface area contributed by atoms with E-state index in [0.717, 1.165) is 5.69 Å². The van der Waals surface area contributed by atoms with Gasteiger partial charge in [-0.1, -0.05) is 18.1 Å². The third-order valence-electron chi connectivity index (χ3n) is 4.34. The van der Waals surface area contributed by atoms with E-state index < -0.39 is 0 Å². The van der Waals surface area contributed by atoms with Gasteiger partial charge in [0.1, 0.15) is 5.75 Å². The zero-order valence-corrected chi connectivity index (χ0v) is 15.4. The van der Waals surface area contributed by atoms with Crippen LogP contribution >= 0.6 is 0 Å². The highest BCUT2D eigenvalue weighted by atomic mass is 16.3. The summed E-state index contributed by atoms with van der Waals surface area (Å²) in [7, 11) is 3.83. The molecule has 0 spiro atoms. The smallest absolute Gasteiger partial charge is 0.319 e. The second-order valence-corrected chi connectivity index (χ2v) is 6.36. The minimum atomic E-state index is -0.302. The highest BCUT2D eigenvalue weighted by Gasteiger charge is 2.20. The zero-order valence-electron chi connectivity index (χ0n) is 15.4. The summed E-state index contributed by atoms with van der Waals surface area (Å²) in [5, 5.41) is 36.6. The zero-order chi connectivity index (χ0) is 19.7. The van der Waals surface area contributed by atoms with Gasteiger partial charge in [-0.25, -0.2) is 4.57 Å². The predicted octanol–water partition coefficient (Wildman–Crippen LogP) is 2.77. The Morgan fingerprint density at radius 1 is 1.19 bits per heavy atom. The molecule has 5 N–H and O–H groups in total. The summed E-state index contributed by atoms with van der Waals surface area (Å²) in [4.78, 5) is 1.94. The molecule has 0 saturated carbocycles. The van der Waals surface area contributed by atoms with Crippen molar-refractivity contribution < 1.29 is 10.2 Å². The number of hydrogen-bond donors (Lipinski definition) is 4. The standard InChI is InChI=1S/C19H22N6O2/c1-4-15(20)13-9-14(17(26)10-16(13)21)18-22-23-19(27)25(18)12-7-5-6-11(8-12)24(2)3/h5-10,20,26H,4,21H2,1-3H3,(H,23,27). The number of nitrogens with zero attached hydrogens (tertiary/aromatic N) is 4. The molecule has 8 heteroatoms. The number of phenols is 1. The SMILES string of the molecule is CCC(=N)c1cc(-c2nnc(O)n2-c2cccc(N(C)C)c2)c(O)cc1N. The number of nitrogens with one attached hydrogen (secondary N) is 1. The Morgan fingerprint density at radius 2 is 1.93 bits per heavy atom. The Morgan fingerprint density at radius 3 is 2.59 bits per heavy atom. The Bertz CT molecular complexity index is 1010. The van der Waals surface area contributed by atoms with Gasteiger partial charge in [-0.15, -0.1) is 5.10 Å². The van der Waals surface area contributed by atoms with Crippen molar-refractivity contribution >= 4 is 17.1 Å². The van der Waals surface area contributed by atoms with Gasteiger partial charge < -0.3 is 26.3 Å². The summed E-state index contributed by atoms with van der Waals surface area (Å²) in [6.07, 6.45) is 0.497. The molecule has 140 valence electrons. The molecule has 0 aliphatic heterocycles. The maximum atomic E-state index is 10.4. The van der Waals surface area contributed by atoms with Crippen LogP contribution in [0.25, 0.3) is 17.1 Å². The first kappa shape index (κ1) is 18.2. The van der Waals surface area contributed by atoms with Crippen molar-refractivity contribution in [2.24, 2.45) is 0 Å². The van der Waals surface area contributed by atoms with Crippen LogP contribution in [0.3, 0.4) is 0 Å². The summed E-state index contributed by atoms with van der Waals surface area (Å²) in [5.74, 6) is 0.156. The fourth-order valence-electron chi connectivity index (χ4n) is 2.83. The van der Waals surface area contributed by atoms with Gasteiger partial charge in [0, 0.05) is 42.8 Å². The van der Waals surface area contributed by atoms with Crippen LogP contribution in [0.4, 0.5) is 11.4 Å². The van der Waals surface area contributed by atoms with Gasteiger partial charge in [0.25, 0.3) is 0 Å². The predicted molar refractivity (Wildman–Crippen MR) is 106 cm³/mol. The van der Waals surface area contributed by atoms with Gasteiger partial charge in [0.05, 0.1) is 11.3 Å². The van der Waals surface area contributed by atoms with Gasteiger partial charge in [0.2, 0.25) is 0 Å². The molecule has 3 rings (SSSR count). The van der Waals surface area contributed by atoms with Crippen molar-refractivity contribution in [2.45, 2.75) is 13.3 Å². The van der Waals surface area contributed by atoms with Crippen LogP contribution in [0.15, 0.2) is 36.4 Å². The average Bonchev–Trinajstić information content (AvgIpc) is 3.02. The molecule has 2 aromatic carbocycles. The van der Waals surface area contributed by atoms with E-state index >= 15 is 0 Å². The fraction of sp³-hybridized carbons (Fsp3) is 0.211. The quantitative estimate of drug-likeness (QED) is 0.406. The molecule has 0 radical (unpaired) electrons. The van der Waals surface area contributed by atoms with Crippen molar-refractivity contribution in [3.05, 3.63) is 42.0 Å². The lowest BCUT2D eigenvalue weighted by Crippen LogP contribution is -2.09. The van der Waals surface area contributed by atoms with Crippen LogP contribution in [0.2, 0.25) is 0 Å². The van der Waals surface area contributed by atoms with E-state index in [-0.39, 0.29) is 17.6 Å². The van der Waals surface area contributed by atoms with E-state index in [2.05, 4.69) is 10.2 Å². The summed E-state index contributed by atoms with van der Waals surface area (Å²) in [6, 6.07) is 10.2. The Labute approximate surface area is 157 Å². The monoisotopic (exact) mass is 366 g/mol. The molecule has 0 amide bonds. The lowest BCUT2D eigenvalue weighted by molar-refractivity contribution is 0.420. The van der Waals surface area contributed by atoms with Gasteiger partial charge in [-0.05, 0) is 30.7 Å². The van der Waals surface area contributed by atoms with E-state index in [1.165, 1.54) is 10.6 Å². The summed E-state index contributed by atoms with van der Waals surface area (Å²) in [5.41, 5.74) is 9.03. The van der Waals surface area contributed by atoms with Crippen LogP contribution in [-0.2, 0) is 0 Å². The first-order chi connectivity index (χ1) is 12.8. The number of phenolic OH excluding ortho intramolecular Hbond substituents is 1. The van der Waals surface area contributed by atoms with E-state index in [1.54, 1.807) is 6.07 Å². The van der Waals surface area contributed by atoms with Crippen LogP contribution in [-0.4, -0.2) is 44.8 Å². The van der Waals surface area contributed by atoms with Crippen molar-refractivity contribution in [1.82, 2.24) is 14.8 Å². The highest BCUT2D eigenvalue weighted by Crippen LogP contribution is 2.35. The summed E-state index contributed by atoms with van der Waals surface area (Å²) >= 11 is 0. The molecule has 0 fully saturated rings. The lowest BCUT2D eigenvalue weighted by Gasteiger charge is -2.16. The van der Waals surface area contributed by atoms with Crippen LogP contribution < -0.4 is 10.6 Å². The average molecular weight is 366 g/mol. The molecule has 0 aliphatic rings. The fourth-order valence-corrected chi connectivity index (χ4v) is 2.83. The second-order valence-electron chi connectivity index (χ2n) is 6.36. The number of hydrogen-bond acceptors (Lipinski definition) is 7. The number of benzene rings is 2. The number of rotatable bonds is 5. The van der Waals surface area contributed by atoms with Gasteiger partial charge in [0.15, 0.2) is 5.82 Å². The number of anilines is 2. The van der Waals surface area contributed by atoms with Gasteiger partial charge in [-0.2, -0.15) is 0 Å². The molecule has 0 bridgehead atoms. The highest BCUT2D eigenvalue weighted by molar-refractivity contribution is 6.04. The molecule has 27 heavy (non-hydrogen) atoms. The van der Waals surface area contributed by atoms with Gasteiger partial charge >= 0.3 is 6.01 Å². The largest absolute Gasteiger partial charge is 0.507 e. The molecular weight excluding hydrogens is 344 g/mol. The summed E-state index contributed by atoms with van der Waals surface area (Å²) in [6.45, 7) is 1.86. The van der Waals surface area contributed by atoms with Crippen LogP contribution in [0.5, 0.6) is 11.8 Å². The molecule has 3 aromatic rings. The maximum Gasteiger partial charge on any atom is 0.319 e. The van der Waals surface area contributed by atoms with E-state index in [9.17, 15) is 10.2 Å². The number of nitrogens with two attached hydrogens (primary N) is 1. The Hall–Kier alpha value is -3.55. The van der Waals surface area contributed by atoms with Crippen molar-refractivity contribution in [2.75, 3.05) is 24.7 Å².